The summed E-state index contributed by atoms with van der Waals surface area (Å²) >= 11 is 0. The van der Waals surface area contributed by atoms with E-state index in [-0.39, 0.29) is 0 Å². The van der Waals surface area contributed by atoms with Crippen LogP contribution >= 0.6 is 0 Å². The molecule has 3 atom stereocenters. The van der Waals surface area contributed by atoms with Crippen molar-refractivity contribution in [3.8, 4) is 0 Å². The van der Waals surface area contributed by atoms with Crippen molar-refractivity contribution in [1.29, 1.82) is 0 Å². The van der Waals surface area contributed by atoms with Crippen LogP contribution in [0.15, 0.2) is 0 Å². The van der Waals surface area contributed by atoms with Crippen molar-refractivity contribution < 1.29 is 15.3 Å². The molecule has 0 aliphatic rings. The second-order valence-electron chi connectivity index (χ2n) is 4.36. The predicted octanol–water partition coefficient (Wildman–Crippen LogP) is 1.31. The van der Waals surface area contributed by atoms with Crippen molar-refractivity contribution in [2.45, 2.75) is 64.8 Å². The van der Waals surface area contributed by atoms with E-state index in [0.29, 0.717) is 18.8 Å². The summed E-state index contributed by atoms with van der Waals surface area (Å²) in [6.07, 6.45) is 0.400. The quantitative estimate of drug-likeness (QED) is 0.586. The summed E-state index contributed by atoms with van der Waals surface area (Å²) in [5.74, 6) is 0.621. The van der Waals surface area contributed by atoms with Gasteiger partial charge in [-0.25, -0.2) is 0 Å². The Morgan fingerprint density at radius 2 is 1.50 bits per heavy atom. The van der Waals surface area contributed by atoms with Crippen LogP contribution in [0.4, 0.5) is 0 Å². The van der Waals surface area contributed by atoms with Crippen molar-refractivity contribution in [2.75, 3.05) is 0 Å². The average molecular weight is 204 g/mol. The SMILES string of the molecule is CC[C@@H](O)[C@@H](O)[C@H](O)CCCC(C)C. The van der Waals surface area contributed by atoms with Gasteiger partial charge in [0, 0.05) is 0 Å². The van der Waals surface area contributed by atoms with Gasteiger partial charge in [0.15, 0.2) is 0 Å². The molecule has 0 fully saturated rings. The number of aliphatic hydroxyl groups excluding tert-OH is 3. The van der Waals surface area contributed by atoms with Gasteiger partial charge in [-0.15, -0.1) is 0 Å². The highest BCUT2D eigenvalue weighted by molar-refractivity contribution is 4.74. The summed E-state index contributed by atoms with van der Waals surface area (Å²) in [6, 6.07) is 0. The van der Waals surface area contributed by atoms with Crippen LogP contribution in [0.1, 0.15) is 46.5 Å². The molecule has 86 valence electrons. The highest BCUT2D eigenvalue weighted by Gasteiger charge is 2.22. The molecule has 0 saturated carbocycles. The molecule has 0 heterocycles. The van der Waals surface area contributed by atoms with Crippen LogP contribution in [0.5, 0.6) is 0 Å². The summed E-state index contributed by atoms with van der Waals surface area (Å²) in [5, 5.41) is 28.3. The molecule has 0 aliphatic heterocycles. The lowest BCUT2D eigenvalue weighted by atomic mass is 9.98. The first-order valence-corrected chi connectivity index (χ1v) is 5.53. The summed E-state index contributed by atoms with van der Waals surface area (Å²) in [7, 11) is 0. The van der Waals surface area contributed by atoms with Crippen molar-refractivity contribution in [3.63, 3.8) is 0 Å². The van der Waals surface area contributed by atoms with E-state index in [2.05, 4.69) is 13.8 Å². The van der Waals surface area contributed by atoms with Gasteiger partial charge >= 0.3 is 0 Å². The smallest absolute Gasteiger partial charge is 0.106 e. The highest BCUT2D eigenvalue weighted by Crippen LogP contribution is 2.13. The standard InChI is InChI=1S/C11H24O3/c1-4-9(12)11(14)10(13)7-5-6-8(2)3/h8-14H,4-7H2,1-3H3/t9-,10-,11-/m1/s1. The first-order chi connectivity index (χ1) is 6.49. The normalized spacial score (nSPS) is 18.2. The molecule has 0 bridgehead atoms. The fourth-order valence-electron chi connectivity index (χ4n) is 1.40. The van der Waals surface area contributed by atoms with Gasteiger partial charge in [0.05, 0.1) is 12.2 Å². The Morgan fingerprint density at radius 1 is 0.929 bits per heavy atom. The zero-order chi connectivity index (χ0) is 11.1. The molecule has 0 aromatic rings. The number of hydrogen-bond acceptors (Lipinski definition) is 3. The molecule has 3 N–H and O–H groups in total. The lowest BCUT2D eigenvalue weighted by Gasteiger charge is -2.22. The van der Waals surface area contributed by atoms with E-state index in [0.717, 1.165) is 12.8 Å². The number of rotatable bonds is 7. The van der Waals surface area contributed by atoms with E-state index in [4.69, 9.17) is 0 Å². The van der Waals surface area contributed by atoms with Crippen LogP contribution in [0.25, 0.3) is 0 Å². The Kier molecular flexibility index (Phi) is 7.15. The molecule has 0 radical (unpaired) electrons. The molecule has 0 saturated heterocycles. The summed E-state index contributed by atoms with van der Waals surface area (Å²) in [4.78, 5) is 0. The zero-order valence-corrected chi connectivity index (χ0v) is 9.48. The summed E-state index contributed by atoms with van der Waals surface area (Å²) in [6.45, 7) is 6.04. The van der Waals surface area contributed by atoms with Crippen LogP contribution in [-0.2, 0) is 0 Å². The van der Waals surface area contributed by atoms with E-state index >= 15 is 0 Å². The van der Waals surface area contributed by atoms with Crippen LogP contribution in [0.3, 0.4) is 0 Å². The summed E-state index contributed by atoms with van der Waals surface area (Å²) in [5.41, 5.74) is 0. The van der Waals surface area contributed by atoms with Gasteiger partial charge in [-0.1, -0.05) is 33.6 Å². The minimum absolute atomic E-state index is 0.475. The first kappa shape index (κ1) is 13.9. The molecule has 0 aromatic carbocycles. The maximum Gasteiger partial charge on any atom is 0.106 e. The Labute approximate surface area is 86.8 Å². The fourth-order valence-corrected chi connectivity index (χ4v) is 1.40. The largest absolute Gasteiger partial charge is 0.390 e. The Balaban J connectivity index is 3.67. The lowest BCUT2D eigenvalue weighted by molar-refractivity contribution is -0.0631. The molecule has 0 spiro atoms. The molecule has 0 aliphatic carbocycles. The number of hydrogen-bond donors (Lipinski definition) is 3. The van der Waals surface area contributed by atoms with Gasteiger partial charge in [-0.3, -0.25) is 0 Å². The Bertz CT molecular complexity index is 136. The monoisotopic (exact) mass is 204 g/mol. The van der Waals surface area contributed by atoms with Crippen molar-refractivity contribution >= 4 is 0 Å². The fraction of sp³-hybridized carbons (Fsp3) is 1.00. The topological polar surface area (TPSA) is 60.7 Å². The van der Waals surface area contributed by atoms with E-state index < -0.39 is 18.3 Å². The molecule has 0 rings (SSSR count). The van der Waals surface area contributed by atoms with E-state index in [1.54, 1.807) is 6.92 Å². The third-order valence-corrected chi connectivity index (χ3v) is 2.49. The molecule has 3 heteroatoms. The van der Waals surface area contributed by atoms with Gasteiger partial charge in [0.25, 0.3) is 0 Å². The predicted molar refractivity (Wildman–Crippen MR) is 57.0 cm³/mol. The second-order valence-corrected chi connectivity index (χ2v) is 4.36. The van der Waals surface area contributed by atoms with Gasteiger partial charge in [-0.2, -0.15) is 0 Å². The minimum atomic E-state index is -0.993. The number of aliphatic hydroxyl groups is 3. The van der Waals surface area contributed by atoms with E-state index in [9.17, 15) is 15.3 Å². The van der Waals surface area contributed by atoms with Crippen molar-refractivity contribution in [3.05, 3.63) is 0 Å². The van der Waals surface area contributed by atoms with Crippen molar-refractivity contribution in [1.82, 2.24) is 0 Å². The first-order valence-electron chi connectivity index (χ1n) is 5.53. The maximum absolute atomic E-state index is 9.52. The second kappa shape index (κ2) is 7.21. The van der Waals surface area contributed by atoms with Gasteiger partial charge < -0.3 is 15.3 Å². The van der Waals surface area contributed by atoms with E-state index in [1.165, 1.54) is 0 Å². The summed E-state index contributed by atoms with van der Waals surface area (Å²) < 4.78 is 0. The Morgan fingerprint density at radius 3 is 1.93 bits per heavy atom. The molecule has 0 unspecified atom stereocenters. The highest BCUT2D eigenvalue weighted by atomic mass is 16.4. The molecule has 3 nitrogen and oxygen atoms in total. The molecular formula is C11H24O3. The van der Waals surface area contributed by atoms with Gasteiger partial charge in [-0.05, 0) is 18.8 Å². The zero-order valence-electron chi connectivity index (χ0n) is 9.48. The van der Waals surface area contributed by atoms with Crippen LogP contribution in [0.2, 0.25) is 0 Å². The Hall–Kier alpha value is -0.120. The molecule has 14 heavy (non-hydrogen) atoms. The van der Waals surface area contributed by atoms with Gasteiger partial charge in [0.1, 0.15) is 6.10 Å². The third-order valence-electron chi connectivity index (χ3n) is 2.49. The lowest BCUT2D eigenvalue weighted by Crippen LogP contribution is -2.36. The molecule has 0 amide bonds. The molecular weight excluding hydrogens is 180 g/mol. The maximum atomic E-state index is 9.52. The van der Waals surface area contributed by atoms with Crippen LogP contribution < -0.4 is 0 Å². The van der Waals surface area contributed by atoms with Crippen molar-refractivity contribution in [2.24, 2.45) is 5.92 Å². The minimum Gasteiger partial charge on any atom is -0.390 e. The average Bonchev–Trinajstić information content (AvgIpc) is 2.14. The van der Waals surface area contributed by atoms with E-state index in [1.807, 2.05) is 0 Å². The van der Waals surface area contributed by atoms with Crippen LogP contribution in [-0.4, -0.2) is 33.6 Å². The molecule has 0 aromatic heterocycles. The van der Waals surface area contributed by atoms with Gasteiger partial charge in [0.2, 0.25) is 0 Å². The third kappa shape index (κ3) is 5.58. The van der Waals surface area contributed by atoms with Crippen LogP contribution in [0, 0.1) is 5.92 Å².